The van der Waals surface area contributed by atoms with E-state index in [0.717, 1.165) is 29.7 Å². The van der Waals surface area contributed by atoms with Gasteiger partial charge in [0.2, 0.25) is 5.91 Å². The molecule has 0 aromatic heterocycles. The van der Waals surface area contributed by atoms with Gasteiger partial charge in [0.1, 0.15) is 0 Å². The highest BCUT2D eigenvalue weighted by Crippen LogP contribution is 2.23. The van der Waals surface area contributed by atoms with E-state index in [2.05, 4.69) is 11.4 Å². The number of ether oxygens (including phenoxy) is 1. The lowest BCUT2D eigenvalue weighted by Crippen LogP contribution is -2.41. The second-order valence-electron chi connectivity index (χ2n) is 6.62. The van der Waals surface area contributed by atoms with Crippen molar-refractivity contribution in [2.75, 3.05) is 20.7 Å². The predicted octanol–water partition coefficient (Wildman–Crippen LogP) is 2.56. The molecule has 2 atom stereocenters. The number of hydrogen-bond donors (Lipinski definition) is 1. The largest absolute Gasteiger partial charge is 0.380 e. The average Bonchev–Trinajstić information content (AvgIpc) is 3.07. The molecule has 1 saturated heterocycles. The zero-order chi connectivity index (χ0) is 18.5. The summed E-state index contributed by atoms with van der Waals surface area (Å²) in [5.41, 5.74) is 3.60. The topological polar surface area (TPSA) is 65.4 Å². The Hall–Kier alpha value is -2.68. The van der Waals surface area contributed by atoms with Crippen molar-refractivity contribution in [1.29, 1.82) is 5.26 Å². The Balaban J connectivity index is 1.62. The van der Waals surface area contributed by atoms with Crippen molar-refractivity contribution in [3.05, 3.63) is 59.7 Å². The molecule has 0 unspecified atom stereocenters. The van der Waals surface area contributed by atoms with Crippen molar-refractivity contribution in [2.24, 2.45) is 0 Å². The molecule has 2 aromatic rings. The van der Waals surface area contributed by atoms with E-state index in [9.17, 15) is 10.1 Å². The summed E-state index contributed by atoms with van der Waals surface area (Å²) in [7, 11) is 3.63. The van der Waals surface area contributed by atoms with E-state index in [4.69, 9.17) is 4.74 Å². The predicted molar refractivity (Wildman–Crippen MR) is 100 cm³/mol. The van der Waals surface area contributed by atoms with Crippen LogP contribution in [0.1, 0.15) is 17.5 Å². The highest BCUT2D eigenvalue weighted by molar-refractivity contribution is 5.82. The standard InChI is InChI=1S/C21H23N3O2/c1-24-14-18(26-2)11-20(24)21(25)23-13-15-7-9-16(10-8-15)19-6-4-3-5-17(19)12-22/h3-10,18,20H,11,13-14H2,1-2H3,(H,23,25)/t18-,20-/m0/s1. The number of methoxy groups -OCH3 is 1. The first-order valence-electron chi connectivity index (χ1n) is 8.71. The molecular formula is C21H23N3O2. The zero-order valence-corrected chi connectivity index (χ0v) is 15.1. The van der Waals surface area contributed by atoms with Crippen LogP contribution in [0.15, 0.2) is 48.5 Å². The summed E-state index contributed by atoms with van der Waals surface area (Å²) in [4.78, 5) is 14.5. The van der Waals surface area contributed by atoms with Crippen LogP contribution in [0.2, 0.25) is 0 Å². The third-order valence-electron chi connectivity index (χ3n) is 4.93. The Labute approximate surface area is 154 Å². The summed E-state index contributed by atoms with van der Waals surface area (Å²) in [6.45, 7) is 1.27. The van der Waals surface area contributed by atoms with Gasteiger partial charge in [0.15, 0.2) is 0 Å². The minimum Gasteiger partial charge on any atom is -0.380 e. The fourth-order valence-electron chi connectivity index (χ4n) is 3.37. The summed E-state index contributed by atoms with van der Waals surface area (Å²) < 4.78 is 5.35. The summed E-state index contributed by atoms with van der Waals surface area (Å²) in [5, 5.41) is 12.2. The molecule has 1 N–H and O–H groups in total. The molecule has 0 bridgehead atoms. The van der Waals surface area contributed by atoms with Gasteiger partial charge in [-0.2, -0.15) is 5.26 Å². The molecule has 0 aliphatic carbocycles. The lowest BCUT2D eigenvalue weighted by atomic mass is 9.99. The molecule has 5 heteroatoms. The number of benzene rings is 2. The second kappa shape index (κ2) is 8.13. The van der Waals surface area contributed by atoms with Gasteiger partial charge in [0, 0.05) is 20.2 Å². The first kappa shape index (κ1) is 18.1. The number of nitrogens with one attached hydrogen (secondary N) is 1. The van der Waals surface area contributed by atoms with E-state index < -0.39 is 0 Å². The molecule has 1 fully saturated rings. The van der Waals surface area contributed by atoms with E-state index >= 15 is 0 Å². The number of likely N-dealkylation sites (tertiary alicyclic amines) is 1. The van der Waals surface area contributed by atoms with E-state index in [1.807, 2.05) is 60.5 Å². The normalized spacial score (nSPS) is 19.9. The first-order valence-corrected chi connectivity index (χ1v) is 8.71. The summed E-state index contributed by atoms with van der Waals surface area (Å²) >= 11 is 0. The van der Waals surface area contributed by atoms with Crippen LogP contribution in [0, 0.1) is 11.3 Å². The van der Waals surface area contributed by atoms with Crippen LogP contribution in [-0.2, 0) is 16.1 Å². The number of nitrogens with zero attached hydrogens (tertiary/aromatic N) is 2. The van der Waals surface area contributed by atoms with Crippen molar-refractivity contribution >= 4 is 5.91 Å². The minimum absolute atomic E-state index is 0.0333. The molecule has 1 amide bonds. The maximum absolute atomic E-state index is 12.4. The summed E-state index contributed by atoms with van der Waals surface area (Å²) in [6.07, 6.45) is 0.846. The molecular weight excluding hydrogens is 326 g/mol. The molecule has 1 heterocycles. The molecule has 2 aromatic carbocycles. The van der Waals surface area contributed by atoms with Crippen LogP contribution >= 0.6 is 0 Å². The lowest BCUT2D eigenvalue weighted by Gasteiger charge is -2.18. The third kappa shape index (κ3) is 3.93. The van der Waals surface area contributed by atoms with Crippen LogP contribution in [0.3, 0.4) is 0 Å². The smallest absolute Gasteiger partial charge is 0.237 e. The molecule has 0 spiro atoms. The van der Waals surface area contributed by atoms with E-state index in [-0.39, 0.29) is 18.1 Å². The van der Waals surface area contributed by atoms with Gasteiger partial charge in [-0.1, -0.05) is 42.5 Å². The van der Waals surface area contributed by atoms with Gasteiger partial charge in [0.05, 0.1) is 23.8 Å². The molecule has 3 rings (SSSR count). The number of nitriles is 1. The van der Waals surface area contributed by atoms with Crippen LogP contribution in [-0.4, -0.2) is 43.7 Å². The fraction of sp³-hybridized carbons (Fsp3) is 0.333. The Kier molecular flexibility index (Phi) is 5.67. The zero-order valence-electron chi connectivity index (χ0n) is 15.1. The number of carbonyl (C=O) groups is 1. The van der Waals surface area contributed by atoms with Gasteiger partial charge in [-0.25, -0.2) is 0 Å². The van der Waals surface area contributed by atoms with Gasteiger partial charge in [-0.3, -0.25) is 9.69 Å². The highest BCUT2D eigenvalue weighted by atomic mass is 16.5. The maximum atomic E-state index is 12.4. The third-order valence-corrected chi connectivity index (χ3v) is 4.93. The molecule has 134 valence electrons. The maximum Gasteiger partial charge on any atom is 0.237 e. The summed E-state index contributed by atoms with van der Waals surface area (Å²) in [5.74, 6) is 0.0333. The summed E-state index contributed by atoms with van der Waals surface area (Å²) in [6, 6.07) is 17.6. The number of likely N-dealkylation sites (N-methyl/N-ethyl adjacent to an activating group) is 1. The quantitative estimate of drug-likeness (QED) is 0.901. The van der Waals surface area contributed by atoms with Crippen LogP contribution in [0.4, 0.5) is 0 Å². The Bertz CT molecular complexity index is 811. The first-order chi connectivity index (χ1) is 12.6. The number of amides is 1. The minimum atomic E-state index is -0.137. The van der Waals surface area contributed by atoms with Gasteiger partial charge < -0.3 is 10.1 Å². The van der Waals surface area contributed by atoms with E-state index in [1.165, 1.54) is 0 Å². The molecule has 5 nitrogen and oxygen atoms in total. The van der Waals surface area contributed by atoms with E-state index in [1.54, 1.807) is 7.11 Å². The van der Waals surface area contributed by atoms with Crippen molar-refractivity contribution in [3.8, 4) is 17.2 Å². The average molecular weight is 349 g/mol. The van der Waals surface area contributed by atoms with Crippen molar-refractivity contribution in [1.82, 2.24) is 10.2 Å². The number of hydrogen-bond acceptors (Lipinski definition) is 4. The lowest BCUT2D eigenvalue weighted by molar-refractivity contribution is -0.125. The van der Waals surface area contributed by atoms with Gasteiger partial charge in [0.25, 0.3) is 0 Å². The van der Waals surface area contributed by atoms with Crippen molar-refractivity contribution in [3.63, 3.8) is 0 Å². The second-order valence-corrected chi connectivity index (χ2v) is 6.62. The molecule has 1 aliphatic rings. The SMILES string of the molecule is CO[C@H]1C[C@@H](C(=O)NCc2ccc(-c3ccccc3C#N)cc2)N(C)C1. The van der Waals surface area contributed by atoms with Crippen molar-refractivity contribution in [2.45, 2.75) is 25.1 Å². The molecule has 26 heavy (non-hydrogen) atoms. The van der Waals surface area contributed by atoms with Gasteiger partial charge in [-0.15, -0.1) is 0 Å². The van der Waals surface area contributed by atoms with Crippen molar-refractivity contribution < 1.29 is 9.53 Å². The Morgan fingerprint density at radius 1 is 1.27 bits per heavy atom. The number of carbonyl (C=O) groups excluding carboxylic acids is 1. The highest BCUT2D eigenvalue weighted by Gasteiger charge is 2.34. The Morgan fingerprint density at radius 3 is 2.65 bits per heavy atom. The van der Waals surface area contributed by atoms with E-state index in [0.29, 0.717) is 12.1 Å². The molecule has 0 saturated carbocycles. The monoisotopic (exact) mass is 349 g/mol. The van der Waals surface area contributed by atoms with Gasteiger partial charge >= 0.3 is 0 Å². The fourth-order valence-corrected chi connectivity index (χ4v) is 3.37. The molecule has 0 radical (unpaired) electrons. The van der Waals surface area contributed by atoms with Crippen LogP contribution in [0.25, 0.3) is 11.1 Å². The number of rotatable bonds is 5. The van der Waals surface area contributed by atoms with Gasteiger partial charge in [-0.05, 0) is 36.2 Å². The van der Waals surface area contributed by atoms with Crippen LogP contribution in [0.5, 0.6) is 0 Å². The Morgan fingerprint density at radius 2 is 2.00 bits per heavy atom. The molecule has 1 aliphatic heterocycles. The van der Waals surface area contributed by atoms with Crippen LogP contribution < -0.4 is 5.32 Å².